The van der Waals surface area contributed by atoms with Crippen LogP contribution in [0.5, 0.6) is 0 Å². The van der Waals surface area contributed by atoms with Crippen molar-refractivity contribution in [3.05, 3.63) is 68.4 Å². The van der Waals surface area contributed by atoms with E-state index in [1.807, 2.05) is 24.3 Å². The molecule has 0 spiro atoms. The maximum absolute atomic E-state index is 13.7. The predicted octanol–water partition coefficient (Wildman–Crippen LogP) is 4.63. The van der Waals surface area contributed by atoms with E-state index >= 15 is 0 Å². The second-order valence-electron chi connectivity index (χ2n) is 3.99. The van der Waals surface area contributed by atoms with Crippen LogP contribution in [0.15, 0.2) is 51.4 Å². The van der Waals surface area contributed by atoms with Gasteiger partial charge in [0.15, 0.2) is 0 Å². The van der Waals surface area contributed by atoms with Gasteiger partial charge in [0.25, 0.3) is 0 Å². The monoisotopic (exact) mass is 372 g/mol. The van der Waals surface area contributed by atoms with Gasteiger partial charge in [0.1, 0.15) is 5.82 Å². The Hall–Kier alpha value is -0.710. The molecular weight excluding hydrogens is 363 g/mol. The first-order chi connectivity index (χ1) is 8.58. The van der Waals surface area contributed by atoms with Gasteiger partial charge in [0.05, 0.1) is 6.10 Å². The van der Waals surface area contributed by atoms with E-state index in [4.69, 9.17) is 0 Å². The lowest BCUT2D eigenvalue weighted by molar-refractivity contribution is 0.173. The minimum absolute atomic E-state index is 0.303. The number of hydrogen-bond donors (Lipinski definition) is 1. The summed E-state index contributed by atoms with van der Waals surface area (Å²) in [5.74, 6) is -0.396. The largest absolute Gasteiger partial charge is 0.388 e. The topological polar surface area (TPSA) is 20.2 Å². The molecule has 1 nitrogen and oxygen atoms in total. The molecule has 4 heteroatoms. The van der Waals surface area contributed by atoms with Gasteiger partial charge in [-0.25, -0.2) is 4.39 Å². The summed E-state index contributed by atoms with van der Waals surface area (Å²) in [6.07, 6.45) is -0.492. The van der Waals surface area contributed by atoms with Gasteiger partial charge in [0.2, 0.25) is 0 Å². The Kier molecular flexibility index (Phi) is 4.54. The fraction of sp³-hybridized carbons (Fsp3) is 0.143. The highest BCUT2D eigenvalue weighted by atomic mass is 79.9. The molecule has 0 aliphatic heterocycles. The van der Waals surface area contributed by atoms with Crippen LogP contribution in [0.2, 0.25) is 0 Å². The second kappa shape index (κ2) is 5.95. The summed E-state index contributed by atoms with van der Waals surface area (Å²) in [5.41, 5.74) is 1.25. The van der Waals surface area contributed by atoms with E-state index in [1.165, 1.54) is 6.07 Å². The summed E-state index contributed by atoms with van der Waals surface area (Å²) < 4.78 is 15.2. The zero-order chi connectivity index (χ0) is 13.1. The third-order valence-corrected chi connectivity index (χ3v) is 3.84. The normalized spacial score (nSPS) is 12.4. The summed E-state index contributed by atoms with van der Waals surface area (Å²) >= 11 is 6.64. The smallest absolute Gasteiger partial charge is 0.130 e. The number of aliphatic hydroxyl groups excluding tert-OH is 1. The van der Waals surface area contributed by atoms with Crippen LogP contribution in [0.25, 0.3) is 0 Å². The van der Waals surface area contributed by atoms with Crippen molar-refractivity contribution in [3.8, 4) is 0 Å². The molecule has 1 atom stereocenters. The lowest BCUT2D eigenvalue weighted by atomic mass is 10.0. The van der Waals surface area contributed by atoms with E-state index in [2.05, 4.69) is 31.9 Å². The van der Waals surface area contributed by atoms with Gasteiger partial charge in [-0.15, -0.1) is 0 Å². The van der Waals surface area contributed by atoms with E-state index < -0.39 is 11.9 Å². The van der Waals surface area contributed by atoms with Gasteiger partial charge in [-0.3, -0.25) is 0 Å². The van der Waals surface area contributed by atoms with Crippen molar-refractivity contribution < 1.29 is 9.50 Å². The zero-order valence-corrected chi connectivity index (χ0v) is 12.6. The minimum atomic E-state index is -0.866. The summed E-state index contributed by atoms with van der Waals surface area (Å²) in [5, 5.41) is 10.1. The van der Waals surface area contributed by atoms with Gasteiger partial charge in [-0.05, 0) is 29.8 Å². The lowest BCUT2D eigenvalue weighted by Crippen LogP contribution is -2.05. The fourth-order valence-corrected chi connectivity index (χ4v) is 2.87. The standard InChI is InChI=1S/C14H11Br2FO/c15-10-4-1-3-9(7-10)8-13(18)14-11(16)5-2-6-12(14)17/h1-7,13,18H,8H2. The van der Waals surface area contributed by atoms with Crippen LogP contribution in [0, 0.1) is 5.82 Å². The predicted molar refractivity (Wildman–Crippen MR) is 76.9 cm³/mol. The van der Waals surface area contributed by atoms with Crippen LogP contribution >= 0.6 is 31.9 Å². The summed E-state index contributed by atoms with van der Waals surface area (Å²) in [4.78, 5) is 0. The quantitative estimate of drug-likeness (QED) is 0.831. The van der Waals surface area contributed by atoms with E-state index in [0.717, 1.165) is 10.0 Å². The lowest BCUT2D eigenvalue weighted by Gasteiger charge is -2.14. The third kappa shape index (κ3) is 3.19. The number of aliphatic hydroxyl groups is 1. The van der Waals surface area contributed by atoms with Crippen LogP contribution in [0.4, 0.5) is 4.39 Å². The third-order valence-electron chi connectivity index (χ3n) is 2.65. The van der Waals surface area contributed by atoms with Crippen molar-refractivity contribution in [1.29, 1.82) is 0 Å². The first-order valence-electron chi connectivity index (χ1n) is 5.44. The molecule has 94 valence electrons. The Labute approximate surface area is 122 Å². The number of hydrogen-bond acceptors (Lipinski definition) is 1. The van der Waals surface area contributed by atoms with E-state index in [1.54, 1.807) is 12.1 Å². The van der Waals surface area contributed by atoms with Crippen LogP contribution in [-0.4, -0.2) is 5.11 Å². The second-order valence-corrected chi connectivity index (χ2v) is 5.76. The summed E-state index contributed by atoms with van der Waals surface area (Å²) in [7, 11) is 0. The zero-order valence-electron chi connectivity index (χ0n) is 9.41. The molecule has 0 aliphatic carbocycles. The van der Waals surface area contributed by atoms with Crippen molar-refractivity contribution in [2.24, 2.45) is 0 Å². The summed E-state index contributed by atoms with van der Waals surface area (Å²) in [6.45, 7) is 0. The molecule has 1 N–H and O–H groups in total. The van der Waals surface area contributed by atoms with E-state index in [0.29, 0.717) is 16.5 Å². The summed E-state index contributed by atoms with van der Waals surface area (Å²) in [6, 6.07) is 12.3. The Morgan fingerprint density at radius 1 is 1.11 bits per heavy atom. The number of benzene rings is 2. The molecule has 2 aromatic rings. The molecule has 0 fully saturated rings. The molecule has 1 unspecified atom stereocenters. The first kappa shape index (κ1) is 13.7. The highest BCUT2D eigenvalue weighted by molar-refractivity contribution is 9.10. The van der Waals surface area contributed by atoms with Gasteiger partial charge < -0.3 is 5.11 Å². The SMILES string of the molecule is OC(Cc1cccc(Br)c1)c1c(F)cccc1Br. The van der Waals surface area contributed by atoms with Crippen molar-refractivity contribution >= 4 is 31.9 Å². The molecule has 18 heavy (non-hydrogen) atoms. The maximum atomic E-state index is 13.7. The van der Waals surface area contributed by atoms with Gasteiger partial charge in [-0.1, -0.05) is 50.1 Å². The molecule has 0 aromatic heterocycles. The number of rotatable bonds is 3. The minimum Gasteiger partial charge on any atom is -0.388 e. The average molecular weight is 374 g/mol. The van der Waals surface area contributed by atoms with E-state index in [-0.39, 0.29) is 0 Å². The number of halogens is 3. The Bertz CT molecular complexity index is 537. The molecule has 2 aromatic carbocycles. The highest BCUT2D eigenvalue weighted by Gasteiger charge is 2.16. The van der Waals surface area contributed by atoms with Crippen molar-refractivity contribution in [3.63, 3.8) is 0 Å². The molecule has 0 radical (unpaired) electrons. The van der Waals surface area contributed by atoms with Crippen LogP contribution in [0.3, 0.4) is 0 Å². The van der Waals surface area contributed by atoms with Crippen molar-refractivity contribution in [2.45, 2.75) is 12.5 Å². The molecule has 0 saturated heterocycles. The molecule has 0 bridgehead atoms. The van der Waals surface area contributed by atoms with Crippen molar-refractivity contribution in [1.82, 2.24) is 0 Å². The maximum Gasteiger partial charge on any atom is 0.130 e. The molecule has 2 rings (SSSR count). The molecular formula is C14H11Br2FO. The van der Waals surface area contributed by atoms with E-state index in [9.17, 15) is 9.50 Å². The molecule has 0 amide bonds. The average Bonchev–Trinajstić information content (AvgIpc) is 2.28. The Balaban J connectivity index is 2.25. The van der Waals surface area contributed by atoms with Crippen LogP contribution in [0.1, 0.15) is 17.2 Å². The van der Waals surface area contributed by atoms with Crippen LogP contribution in [-0.2, 0) is 6.42 Å². The Morgan fingerprint density at radius 2 is 1.83 bits per heavy atom. The van der Waals surface area contributed by atoms with Crippen molar-refractivity contribution in [2.75, 3.05) is 0 Å². The molecule has 0 heterocycles. The molecule has 0 saturated carbocycles. The fourth-order valence-electron chi connectivity index (χ4n) is 1.82. The van der Waals surface area contributed by atoms with Gasteiger partial charge in [-0.2, -0.15) is 0 Å². The van der Waals surface area contributed by atoms with Gasteiger partial charge >= 0.3 is 0 Å². The van der Waals surface area contributed by atoms with Gasteiger partial charge in [0, 0.05) is 20.9 Å². The molecule has 0 aliphatic rings. The van der Waals surface area contributed by atoms with Crippen LogP contribution < -0.4 is 0 Å². The first-order valence-corrected chi connectivity index (χ1v) is 7.03. The Morgan fingerprint density at radius 3 is 2.50 bits per heavy atom. The highest BCUT2D eigenvalue weighted by Crippen LogP contribution is 2.29.